The Morgan fingerprint density at radius 2 is 1.90 bits per heavy atom. The van der Waals surface area contributed by atoms with E-state index in [1.807, 2.05) is 13.0 Å². The van der Waals surface area contributed by atoms with Crippen molar-refractivity contribution in [3.63, 3.8) is 0 Å². The molecule has 5 nitrogen and oxygen atoms in total. The van der Waals surface area contributed by atoms with Crippen LogP contribution in [0.15, 0.2) is 30.3 Å². The van der Waals surface area contributed by atoms with Gasteiger partial charge in [0.05, 0.1) is 6.61 Å². The van der Waals surface area contributed by atoms with Crippen LogP contribution in [-0.2, 0) is 11.3 Å². The van der Waals surface area contributed by atoms with Crippen molar-refractivity contribution in [3.05, 3.63) is 47.4 Å². The number of aromatic nitrogens is 2. The summed E-state index contributed by atoms with van der Waals surface area (Å²) in [6.07, 6.45) is 0. The van der Waals surface area contributed by atoms with Crippen LogP contribution in [0, 0.1) is 12.7 Å². The Bertz CT molecular complexity index is 574. The largest absolute Gasteiger partial charge is 0.383 e. The predicted octanol–water partition coefficient (Wildman–Crippen LogP) is 2.59. The fourth-order valence-corrected chi connectivity index (χ4v) is 1.80. The van der Waals surface area contributed by atoms with E-state index in [-0.39, 0.29) is 5.82 Å². The molecule has 0 unspecified atom stereocenters. The predicted molar refractivity (Wildman–Crippen MR) is 80.9 cm³/mol. The molecule has 0 aliphatic rings. The molecule has 0 saturated carbocycles. The van der Waals surface area contributed by atoms with E-state index in [9.17, 15) is 4.39 Å². The Labute approximate surface area is 123 Å². The average molecular weight is 290 g/mol. The molecule has 1 aromatic carbocycles. The molecular weight excluding hydrogens is 271 g/mol. The van der Waals surface area contributed by atoms with Gasteiger partial charge in [0.1, 0.15) is 11.6 Å². The number of halogens is 1. The highest BCUT2D eigenvalue weighted by atomic mass is 19.1. The van der Waals surface area contributed by atoms with Crippen molar-refractivity contribution < 1.29 is 9.13 Å². The SMILES string of the molecule is COCCNc1nc(C)cc(NCc2ccc(F)cc2)n1. The second kappa shape index (κ2) is 7.54. The van der Waals surface area contributed by atoms with Crippen LogP contribution in [-0.4, -0.2) is 30.2 Å². The highest BCUT2D eigenvalue weighted by Gasteiger charge is 2.02. The van der Waals surface area contributed by atoms with Gasteiger partial charge in [-0.15, -0.1) is 0 Å². The lowest BCUT2D eigenvalue weighted by atomic mass is 10.2. The van der Waals surface area contributed by atoms with Gasteiger partial charge in [-0.25, -0.2) is 9.37 Å². The van der Waals surface area contributed by atoms with Gasteiger partial charge in [0.2, 0.25) is 5.95 Å². The lowest BCUT2D eigenvalue weighted by Crippen LogP contribution is -2.12. The van der Waals surface area contributed by atoms with Crippen LogP contribution in [0.4, 0.5) is 16.2 Å². The van der Waals surface area contributed by atoms with Gasteiger partial charge < -0.3 is 15.4 Å². The van der Waals surface area contributed by atoms with Crippen LogP contribution in [0.25, 0.3) is 0 Å². The molecule has 0 saturated heterocycles. The summed E-state index contributed by atoms with van der Waals surface area (Å²) in [6, 6.07) is 8.24. The van der Waals surface area contributed by atoms with Gasteiger partial charge >= 0.3 is 0 Å². The zero-order valence-corrected chi connectivity index (χ0v) is 12.2. The molecule has 2 N–H and O–H groups in total. The molecule has 0 radical (unpaired) electrons. The van der Waals surface area contributed by atoms with Crippen molar-refractivity contribution >= 4 is 11.8 Å². The Balaban J connectivity index is 1.97. The number of benzene rings is 1. The number of hydrogen-bond donors (Lipinski definition) is 2. The molecule has 2 aromatic rings. The van der Waals surface area contributed by atoms with Gasteiger partial charge in [-0.05, 0) is 24.6 Å². The number of hydrogen-bond acceptors (Lipinski definition) is 5. The van der Waals surface area contributed by atoms with Crippen LogP contribution in [0.1, 0.15) is 11.3 Å². The van der Waals surface area contributed by atoms with Crippen molar-refractivity contribution in [2.45, 2.75) is 13.5 Å². The zero-order chi connectivity index (χ0) is 15.1. The van der Waals surface area contributed by atoms with E-state index >= 15 is 0 Å². The second-order valence-electron chi connectivity index (χ2n) is 4.62. The summed E-state index contributed by atoms with van der Waals surface area (Å²) in [5.41, 5.74) is 1.85. The zero-order valence-electron chi connectivity index (χ0n) is 12.2. The maximum absolute atomic E-state index is 12.8. The van der Waals surface area contributed by atoms with E-state index in [1.54, 1.807) is 19.2 Å². The highest BCUT2D eigenvalue weighted by molar-refractivity contribution is 5.42. The molecule has 0 amide bonds. The maximum atomic E-state index is 12.8. The third-order valence-corrected chi connectivity index (χ3v) is 2.83. The summed E-state index contributed by atoms with van der Waals surface area (Å²) >= 11 is 0. The van der Waals surface area contributed by atoms with E-state index in [2.05, 4.69) is 20.6 Å². The van der Waals surface area contributed by atoms with E-state index in [4.69, 9.17) is 4.74 Å². The highest BCUT2D eigenvalue weighted by Crippen LogP contribution is 2.11. The number of nitrogens with zero attached hydrogens (tertiary/aromatic N) is 2. The van der Waals surface area contributed by atoms with Gasteiger partial charge in [-0.1, -0.05) is 12.1 Å². The number of nitrogens with one attached hydrogen (secondary N) is 2. The molecule has 1 aromatic heterocycles. The monoisotopic (exact) mass is 290 g/mol. The van der Waals surface area contributed by atoms with Crippen LogP contribution < -0.4 is 10.6 Å². The van der Waals surface area contributed by atoms with Crippen LogP contribution in [0.5, 0.6) is 0 Å². The number of ether oxygens (including phenoxy) is 1. The summed E-state index contributed by atoms with van der Waals surface area (Å²) in [5.74, 6) is 1.06. The second-order valence-corrected chi connectivity index (χ2v) is 4.62. The first-order valence-electron chi connectivity index (χ1n) is 6.74. The number of anilines is 2. The van der Waals surface area contributed by atoms with Gasteiger partial charge in [0, 0.05) is 32.0 Å². The fraction of sp³-hybridized carbons (Fsp3) is 0.333. The quantitative estimate of drug-likeness (QED) is 0.768. The van der Waals surface area contributed by atoms with Gasteiger partial charge in [0.25, 0.3) is 0 Å². The first-order chi connectivity index (χ1) is 10.2. The molecule has 0 atom stereocenters. The van der Waals surface area contributed by atoms with Crippen LogP contribution in [0.3, 0.4) is 0 Å². The molecule has 6 heteroatoms. The summed E-state index contributed by atoms with van der Waals surface area (Å²) in [6.45, 7) is 3.73. The average Bonchev–Trinajstić information content (AvgIpc) is 2.46. The van der Waals surface area contributed by atoms with E-state index in [1.165, 1.54) is 12.1 Å². The number of aryl methyl sites for hydroxylation is 1. The van der Waals surface area contributed by atoms with Crippen molar-refractivity contribution in [2.75, 3.05) is 30.9 Å². The molecule has 0 bridgehead atoms. The summed E-state index contributed by atoms with van der Waals surface area (Å²) in [5, 5.41) is 6.30. The van der Waals surface area contributed by atoms with Crippen LogP contribution in [0.2, 0.25) is 0 Å². The molecule has 0 spiro atoms. The van der Waals surface area contributed by atoms with Gasteiger partial charge in [-0.2, -0.15) is 4.98 Å². The smallest absolute Gasteiger partial charge is 0.224 e. The minimum Gasteiger partial charge on any atom is -0.383 e. The standard InChI is InChI=1S/C15H19FN4O/c1-11-9-14(20-15(19-11)17-7-8-21-2)18-10-12-3-5-13(16)6-4-12/h3-6,9H,7-8,10H2,1-2H3,(H2,17,18,19,20). The molecule has 0 fully saturated rings. The maximum Gasteiger partial charge on any atom is 0.224 e. The Hall–Kier alpha value is -2.21. The third-order valence-electron chi connectivity index (χ3n) is 2.83. The first kappa shape index (κ1) is 15.2. The molecular formula is C15H19FN4O. The lowest BCUT2D eigenvalue weighted by Gasteiger charge is -2.10. The van der Waals surface area contributed by atoms with Gasteiger partial charge in [0.15, 0.2) is 0 Å². The molecule has 0 aliphatic heterocycles. The summed E-state index contributed by atoms with van der Waals surface area (Å²) in [4.78, 5) is 8.68. The van der Waals surface area contributed by atoms with E-state index < -0.39 is 0 Å². The molecule has 21 heavy (non-hydrogen) atoms. The molecule has 0 aliphatic carbocycles. The van der Waals surface area contributed by atoms with Crippen molar-refractivity contribution in [3.8, 4) is 0 Å². The molecule has 112 valence electrons. The lowest BCUT2D eigenvalue weighted by molar-refractivity contribution is 0.210. The summed E-state index contributed by atoms with van der Waals surface area (Å²) < 4.78 is 17.8. The molecule has 1 heterocycles. The third kappa shape index (κ3) is 5.00. The fourth-order valence-electron chi connectivity index (χ4n) is 1.80. The normalized spacial score (nSPS) is 10.4. The number of rotatable bonds is 7. The Morgan fingerprint density at radius 1 is 1.14 bits per heavy atom. The summed E-state index contributed by atoms with van der Waals surface area (Å²) in [7, 11) is 1.65. The minimum absolute atomic E-state index is 0.235. The number of methoxy groups -OCH3 is 1. The first-order valence-corrected chi connectivity index (χ1v) is 6.74. The topological polar surface area (TPSA) is 59.1 Å². The van der Waals surface area contributed by atoms with Crippen LogP contribution >= 0.6 is 0 Å². The Kier molecular flexibility index (Phi) is 5.45. The van der Waals surface area contributed by atoms with Crippen molar-refractivity contribution in [1.82, 2.24) is 9.97 Å². The van der Waals surface area contributed by atoms with E-state index in [0.717, 1.165) is 17.1 Å². The Morgan fingerprint density at radius 3 is 2.62 bits per heavy atom. The van der Waals surface area contributed by atoms with Crippen molar-refractivity contribution in [1.29, 1.82) is 0 Å². The van der Waals surface area contributed by atoms with Crippen molar-refractivity contribution in [2.24, 2.45) is 0 Å². The van der Waals surface area contributed by atoms with Gasteiger partial charge in [-0.3, -0.25) is 0 Å². The molecule has 2 rings (SSSR count). The minimum atomic E-state index is -0.235. The van der Waals surface area contributed by atoms with E-state index in [0.29, 0.717) is 25.6 Å².